The smallest absolute Gasteiger partial charge is 0.272 e. The average molecular weight is 373 g/mol. The second-order valence-corrected chi connectivity index (χ2v) is 6.28. The molecular weight excluding hydrogens is 356 g/mol. The van der Waals surface area contributed by atoms with Gasteiger partial charge in [-0.15, -0.1) is 0 Å². The Balaban J connectivity index is 1.87. The number of aromatic amines is 1. The quantitative estimate of drug-likeness (QED) is 0.408. The molecule has 0 unspecified atom stereocenters. The summed E-state index contributed by atoms with van der Waals surface area (Å²) in [5, 5.41) is 26.3. The maximum atomic E-state index is 11.2. The number of non-ortho nitro benzene ring substituents is 1. The van der Waals surface area contributed by atoms with Crippen LogP contribution in [0.4, 0.5) is 11.5 Å². The minimum Gasteiger partial charge on any atom is -0.505 e. The molecule has 4 rings (SSSR count). The monoisotopic (exact) mass is 373 g/mol. The third-order valence-corrected chi connectivity index (χ3v) is 4.51. The van der Waals surface area contributed by atoms with Gasteiger partial charge in [-0.1, -0.05) is 30.3 Å². The van der Waals surface area contributed by atoms with E-state index in [0.717, 1.165) is 5.39 Å². The lowest BCUT2D eigenvalue weighted by Gasteiger charge is -2.17. The van der Waals surface area contributed by atoms with Crippen molar-refractivity contribution >= 4 is 22.4 Å². The Labute approximate surface area is 160 Å². The van der Waals surface area contributed by atoms with Crippen molar-refractivity contribution in [2.24, 2.45) is 0 Å². The van der Waals surface area contributed by atoms with Crippen LogP contribution in [-0.2, 0) is 0 Å². The highest BCUT2D eigenvalue weighted by molar-refractivity contribution is 5.86. The zero-order chi connectivity index (χ0) is 19.5. The van der Waals surface area contributed by atoms with E-state index >= 15 is 0 Å². The topological polar surface area (TPSA) is 102 Å². The van der Waals surface area contributed by atoms with Crippen LogP contribution in [0.15, 0.2) is 79.1 Å². The van der Waals surface area contributed by atoms with Crippen molar-refractivity contribution in [2.75, 3.05) is 5.32 Å². The van der Waals surface area contributed by atoms with E-state index in [2.05, 4.69) is 15.3 Å². The van der Waals surface area contributed by atoms with Crippen molar-refractivity contribution < 1.29 is 15.0 Å². The molecule has 0 radical (unpaired) electrons. The first kappa shape index (κ1) is 17.4. The van der Waals surface area contributed by atoms with Crippen LogP contribution in [0.25, 0.3) is 10.9 Å². The molecule has 0 amide bonds. The Morgan fingerprint density at radius 2 is 1.96 bits per heavy atom. The van der Waals surface area contributed by atoms with Gasteiger partial charge in [-0.3, -0.25) is 20.4 Å². The summed E-state index contributed by atoms with van der Waals surface area (Å²) in [6.07, 6.45) is 3.39. The number of hydrogen-bond acceptors (Lipinski definition) is 5. The van der Waals surface area contributed by atoms with Crippen molar-refractivity contribution in [3.8, 4) is 5.75 Å². The molecule has 0 saturated heterocycles. The summed E-state index contributed by atoms with van der Waals surface area (Å²) in [6.45, 7) is 0. The first-order valence-electron chi connectivity index (χ1n) is 8.67. The number of nitrogens with zero attached hydrogens (tertiary/aromatic N) is 2. The number of aromatic hydroxyl groups is 1. The van der Waals surface area contributed by atoms with Gasteiger partial charge in [0, 0.05) is 40.9 Å². The van der Waals surface area contributed by atoms with Gasteiger partial charge in [0.2, 0.25) is 0 Å². The van der Waals surface area contributed by atoms with Crippen molar-refractivity contribution in [3.05, 3.63) is 100 Å². The molecule has 138 valence electrons. The minimum atomic E-state index is -0.523. The molecule has 7 nitrogen and oxygen atoms in total. The number of phenolic OH excluding ortho intramolecular Hbond substituents is 1. The van der Waals surface area contributed by atoms with E-state index in [4.69, 9.17) is 0 Å². The summed E-state index contributed by atoms with van der Waals surface area (Å²) >= 11 is 0. The summed E-state index contributed by atoms with van der Waals surface area (Å²) in [4.78, 5) is 18.2. The normalized spacial score (nSPS) is 11.9. The number of benzene rings is 2. The van der Waals surface area contributed by atoms with Gasteiger partial charge >= 0.3 is 0 Å². The first-order valence-corrected chi connectivity index (χ1v) is 8.67. The molecule has 1 atom stereocenters. The number of fused-ring (bicyclic) bond motifs is 1. The fraction of sp³-hybridized carbons (Fsp3) is 0.0476. The number of rotatable bonds is 5. The highest BCUT2D eigenvalue weighted by Gasteiger charge is 2.25. The average Bonchev–Trinajstić information content (AvgIpc) is 2.74. The van der Waals surface area contributed by atoms with Crippen LogP contribution in [0.5, 0.6) is 5.75 Å². The van der Waals surface area contributed by atoms with Crippen LogP contribution in [0.3, 0.4) is 0 Å². The first-order chi connectivity index (χ1) is 13.6. The van der Waals surface area contributed by atoms with E-state index < -0.39 is 11.0 Å². The van der Waals surface area contributed by atoms with Crippen LogP contribution in [0.2, 0.25) is 0 Å². The van der Waals surface area contributed by atoms with Gasteiger partial charge < -0.3 is 5.11 Å². The molecule has 28 heavy (non-hydrogen) atoms. The standard InChI is InChI=1S/C21H16N4O3/c26-21-17(10-9-14-6-4-12-23-20(14)21)19(24-18-8-1-2-11-22-18)15-5-3-7-16(13-15)25(27)28/h1-13,19,26H,(H,22,24)/p+1/t19-/m1/s1. The zero-order valence-corrected chi connectivity index (χ0v) is 14.7. The molecule has 2 aromatic heterocycles. The number of nitro groups is 1. The largest absolute Gasteiger partial charge is 0.505 e. The van der Waals surface area contributed by atoms with Crippen LogP contribution < -0.4 is 10.3 Å². The van der Waals surface area contributed by atoms with Gasteiger partial charge in [0.25, 0.3) is 11.5 Å². The minimum absolute atomic E-state index is 0.0141. The van der Waals surface area contributed by atoms with E-state index in [1.165, 1.54) is 12.1 Å². The lowest BCUT2D eigenvalue weighted by atomic mass is 9.96. The number of aromatic nitrogens is 2. The number of pyridine rings is 2. The molecular formula is C21H17N4O3+. The summed E-state index contributed by atoms with van der Waals surface area (Å²) in [6, 6.07) is 18.8. The molecule has 7 heteroatoms. The highest BCUT2D eigenvalue weighted by atomic mass is 16.6. The zero-order valence-electron chi connectivity index (χ0n) is 14.7. The van der Waals surface area contributed by atoms with Gasteiger partial charge in [-0.05, 0) is 18.2 Å². The second-order valence-electron chi connectivity index (χ2n) is 6.28. The van der Waals surface area contributed by atoms with Gasteiger partial charge in [0.1, 0.15) is 17.3 Å². The summed E-state index contributed by atoms with van der Waals surface area (Å²) < 4.78 is 0. The van der Waals surface area contributed by atoms with Crippen LogP contribution in [0, 0.1) is 10.1 Å². The van der Waals surface area contributed by atoms with Crippen LogP contribution in [0.1, 0.15) is 17.2 Å². The lowest BCUT2D eigenvalue weighted by Crippen LogP contribution is -2.19. The summed E-state index contributed by atoms with van der Waals surface area (Å²) in [5.74, 6) is 0.748. The Kier molecular flexibility index (Phi) is 4.55. The Bertz CT molecular complexity index is 1150. The molecule has 2 heterocycles. The maximum Gasteiger partial charge on any atom is 0.272 e. The summed E-state index contributed by atoms with van der Waals surface area (Å²) in [7, 11) is 0. The van der Waals surface area contributed by atoms with E-state index in [9.17, 15) is 15.2 Å². The number of nitrogens with one attached hydrogen (secondary N) is 2. The molecule has 3 N–H and O–H groups in total. The SMILES string of the molecule is O=[N+]([O-])c1cccc([C@@H](Nc2cccc[nH+]2)c2ccc3cccnc3c2O)c1. The summed E-state index contributed by atoms with van der Waals surface area (Å²) in [5.41, 5.74) is 1.69. The number of phenols is 1. The Morgan fingerprint density at radius 1 is 1.07 bits per heavy atom. The van der Waals surface area contributed by atoms with Gasteiger partial charge in [0.05, 0.1) is 11.1 Å². The van der Waals surface area contributed by atoms with Crippen molar-refractivity contribution in [1.29, 1.82) is 0 Å². The van der Waals surface area contributed by atoms with Gasteiger partial charge in [-0.25, -0.2) is 4.98 Å². The van der Waals surface area contributed by atoms with Gasteiger partial charge in [-0.2, -0.15) is 0 Å². The Hall–Kier alpha value is -4.00. The third-order valence-electron chi connectivity index (χ3n) is 4.51. The molecule has 0 saturated carbocycles. The second kappa shape index (κ2) is 7.32. The number of H-pyrrole nitrogens is 1. The van der Waals surface area contributed by atoms with Crippen molar-refractivity contribution in [1.82, 2.24) is 4.98 Å². The molecule has 2 aromatic carbocycles. The van der Waals surface area contributed by atoms with Crippen LogP contribution >= 0.6 is 0 Å². The van der Waals surface area contributed by atoms with Gasteiger partial charge in [0.15, 0.2) is 0 Å². The molecule has 4 aromatic rings. The predicted molar refractivity (Wildman–Crippen MR) is 105 cm³/mol. The third kappa shape index (κ3) is 3.33. The fourth-order valence-electron chi connectivity index (χ4n) is 3.18. The van der Waals surface area contributed by atoms with E-state index in [1.54, 1.807) is 36.7 Å². The molecule has 0 aliphatic heterocycles. The molecule has 0 aliphatic carbocycles. The molecule has 0 spiro atoms. The maximum absolute atomic E-state index is 11.2. The molecule has 0 fully saturated rings. The van der Waals surface area contributed by atoms with E-state index in [1.807, 2.05) is 30.3 Å². The van der Waals surface area contributed by atoms with Crippen LogP contribution in [-0.4, -0.2) is 15.0 Å². The number of hydrogen-bond donors (Lipinski definition) is 2. The lowest BCUT2D eigenvalue weighted by molar-refractivity contribution is -0.384. The highest BCUT2D eigenvalue weighted by Crippen LogP contribution is 2.36. The fourth-order valence-corrected chi connectivity index (χ4v) is 3.18. The molecule has 0 aliphatic rings. The number of nitro benzene ring substituents is 1. The Morgan fingerprint density at radius 3 is 2.75 bits per heavy atom. The predicted octanol–water partition coefficient (Wildman–Crippen LogP) is 3.86. The van der Waals surface area contributed by atoms with Crippen molar-refractivity contribution in [2.45, 2.75) is 6.04 Å². The van der Waals surface area contributed by atoms with E-state index in [-0.39, 0.29) is 11.4 Å². The van der Waals surface area contributed by atoms with E-state index in [0.29, 0.717) is 22.5 Å². The molecule has 0 bridgehead atoms. The number of anilines is 1. The van der Waals surface area contributed by atoms with Crippen molar-refractivity contribution in [3.63, 3.8) is 0 Å².